The molecular formula is C12H17N3O2S. The molecule has 0 saturated heterocycles. The number of carbonyl (C=O) groups is 1. The van der Waals surface area contributed by atoms with Gasteiger partial charge < -0.3 is 4.74 Å². The highest BCUT2D eigenvalue weighted by Gasteiger charge is 2.15. The maximum Gasteiger partial charge on any atom is 0.322 e. The highest BCUT2D eigenvalue weighted by atomic mass is 32.1. The van der Waals surface area contributed by atoms with Gasteiger partial charge in [0, 0.05) is 17.6 Å². The van der Waals surface area contributed by atoms with Gasteiger partial charge in [0.15, 0.2) is 4.96 Å². The van der Waals surface area contributed by atoms with Crippen LogP contribution in [0.2, 0.25) is 0 Å². The molecule has 0 aliphatic heterocycles. The molecule has 2 rings (SSSR count). The van der Waals surface area contributed by atoms with Crippen LogP contribution in [0.15, 0.2) is 6.20 Å². The minimum Gasteiger partial charge on any atom is -0.468 e. The molecule has 0 bridgehead atoms. The number of nitrogens with one attached hydrogen (secondary N) is 1. The summed E-state index contributed by atoms with van der Waals surface area (Å²) in [7, 11) is 1.39. The number of aromatic nitrogens is 2. The molecule has 2 aromatic heterocycles. The lowest BCUT2D eigenvalue weighted by atomic mass is 10.3. The summed E-state index contributed by atoms with van der Waals surface area (Å²) in [5, 5.41) is 3.15. The zero-order valence-electron chi connectivity index (χ0n) is 11.0. The number of thiazole rings is 1. The average Bonchev–Trinajstić information content (AvgIpc) is 2.80. The SMILES string of the molecule is COC(=O)C(C)NCc1c(C)nc2sc(C)cn12. The number of methoxy groups -OCH3 is 1. The minimum absolute atomic E-state index is 0.255. The van der Waals surface area contributed by atoms with E-state index in [1.54, 1.807) is 18.3 Å². The van der Waals surface area contributed by atoms with Crippen LogP contribution < -0.4 is 5.32 Å². The second-order valence-corrected chi connectivity index (χ2v) is 5.48. The van der Waals surface area contributed by atoms with Gasteiger partial charge in [-0.2, -0.15) is 0 Å². The van der Waals surface area contributed by atoms with Crippen LogP contribution in [-0.2, 0) is 16.1 Å². The van der Waals surface area contributed by atoms with Gasteiger partial charge in [0.25, 0.3) is 0 Å². The van der Waals surface area contributed by atoms with Gasteiger partial charge in [-0.05, 0) is 20.8 Å². The minimum atomic E-state index is -0.320. The smallest absolute Gasteiger partial charge is 0.322 e. The molecule has 0 aliphatic rings. The van der Waals surface area contributed by atoms with Gasteiger partial charge in [0.1, 0.15) is 6.04 Å². The van der Waals surface area contributed by atoms with E-state index in [4.69, 9.17) is 0 Å². The number of esters is 1. The normalized spacial score (nSPS) is 12.9. The maximum atomic E-state index is 11.3. The van der Waals surface area contributed by atoms with Crippen molar-refractivity contribution < 1.29 is 9.53 Å². The van der Waals surface area contributed by atoms with E-state index in [0.29, 0.717) is 6.54 Å². The Morgan fingerprint density at radius 2 is 2.33 bits per heavy atom. The van der Waals surface area contributed by atoms with Crippen LogP contribution in [0.4, 0.5) is 0 Å². The molecule has 2 heterocycles. The summed E-state index contributed by atoms with van der Waals surface area (Å²) >= 11 is 1.66. The standard InChI is InChI=1S/C12H17N3O2S/c1-7-6-15-10(8(2)14-12(15)18-7)5-13-9(3)11(16)17-4/h6,9,13H,5H2,1-4H3. The van der Waals surface area contributed by atoms with E-state index < -0.39 is 0 Å². The summed E-state index contributed by atoms with van der Waals surface area (Å²) in [6.45, 7) is 6.43. The van der Waals surface area contributed by atoms with Crippen molar-refractivity contribution in [3.8, 4) is 0 Å². The van der Waals surface area contributed by atoms with Crippen LogP contribution in [-0.4, -0.2) is 28.5 Å². The summed E-state index contributed by atoms with van der Waals surface area (Å²) in [6.07, 6.45) is 2.07. The Bertz CT molecular complexity index is 573. The zero-order chi connectivity index (χ0) is 13.3. The van der Waals surface area contributed by atoms with Crippen molar-refractivity contribution in [1.82, 2.24) is 14.7 Å². The first kappa shape index (κ1) is 13.0. The molecule has 6 heteroatoms. The number of carbonyl (C=O) groups excluding carboxylic acids is 1. The van der Waals surface area contributed by atoms with E-state index >= 15 is 0 Å². The number of ether oxygens (including phenoxy) is 1. The molecule has 1 N–H and O–H groups in total. The fraction of sp³-hybridized carbons (Fsp3) is 0.500. The highest BCUT2D eigenvalue weighted by Crippen LogP contribution is 2.20. The summed E-state index contributed by atoms with van der Waals surface area (Å²) in [6, 6.07) is -0.320. The van der Waals surface area contributed by atoms with Crippen molar-refractivity contribution >= 4 is 22.3 Å². The Balaban J connectivity index is 2.16. The molecule has 1 atom stereocenters. The lowest BCUT2D eigenvalue weighted by molar-refractivity contribution is -0.142. The molecule has 5 nitrogen and oxygen atoms in total. The van der Waals surface area contributed by atoms with Gasteiger partial charge in [-0.15, -0.1) is 11.3 Å². The van der Waals surface area contributed by atoms with Crippen molar-refractivity contribution in [2.75, 3.05) is 7.11 Å². The van der Waals surface area contributed by atoms with Gasteiger partial charge in [-0.1, -0.05) is 0 Å². The number of imidazole rings is 1. The van der Waals surface area contributed by atoms with E-state index in [9.17, 15) is 4.79 Å². The van der Waals surface area contributed by atoms with E-state index in [1.165, 1.54) is 12.0 Å². The van der Waals surface area contributed by atoms with E-state index in [-0.39, 0.29) is 12.0 Å². The number of fused-ring (bicyclic) bond motifs is 1. The first-order valence-electron chi connectivity index (χ1n) is 5.78. The number of nitrogens with zero attached hydrogens (tertiary/aromatic N) is 2. The molecule has 0 radical (unpaired) electrons. The van der Waals surface area contributed by atoms with Crippen LogP contribution in [0.3, 0.4) is 0 Å². The van der Waals surface area contributed by atoms with Crippen LogP contribution in [0, 0.1) is 13.8 Å². The Morgan fingerprint density at radius 1 is 1.61 bits per heavy atom. The van der Waals surface area contributed by atoms with Crippen LogP contribution >= 0.6 is 11.3 Å². The Morgan fingerprint density at radius 3 is 3.00 bits per heavy atom. The molecule has 0 aliphatic carbocycles. The van der Waals surface area contributed by atoms with Crippen molar-refractivity contribution in [3.05, 3.63) is 22.5 Å². The van der Waals surface area contributed by atoms with Gasteiger partial charge in [0.2, 0.25) is 0 Å². The third-order valence-electron chi connectivity index (χ3n) is 2.87. The number of hydrogen-bond donors (Lipinski definition) is 1. The Labute approximate surface area is 110 Å². The quantitative estimate of drug-likeness (QED) is 0.856. The first-order chi connectivity index (χ1) is 8.52. The monoisotopic (exact) mass is 267 g/mol. The Hall–Kier alpha value is -1.40. The molecule has 0 amide bonds. The molecule has 18 heavy (non-hydrogen) atoms. The van der Waals surface area contributed by atoms with Crippen molar-refractivity contribution in [1.29, 1.82) is 0 Å². The Kier molecular flexibility index (Phi) is 3.68. The van der Waals surface area contributed by atoms with Gasteiger partial charge in [-0.25, -0.2) is 4.98 Å². The third kappa shape index (κ3) is 2.39. The van der Waals surface area contributed by atoms with Crippen LogP contribution in [0.25, 0.3) is 4.96 Å². The van der Waals surface area contributed by atoms with Crippen LogP contribution in [0.5, 0.6) is 0 Å². The molecule has 0 saturated carbocycles. The first-order valence-corrected chi connectivity index (χ1v) is 6.59. The van der Waals surface area contributed by atoms with Gasteiger partial charge in [-0.3, -0.25) is 14.5 Å². The molecule has 98 valence electrons. The van der Waals surface area contributed by atoms with Crippen LogP contribution in [0.1, 0.15) is 23.2 Å². The fourth-order valence-corrected chi connectivity index (χ4v) is 2.72. The van der Waals surface area contributed by atoms with Crippen molar-refractivity contribution in [2.45, 2.75) is 33.4 Å². The predicted molar refractivity (Wildman–Crippen MR) is 70.9 cm³/mol. The topological polar surface area (TPSA) is 55.6 Å². The van der Waals surface area contributed by atoms with Gasteiger partial charge >= 0.3 is 5.97 Å². The zero-order valence-corrected chi connectivity index (χ0v) is 11.8. The fourth-order valence-electron chi connectivity index (χ4n) is 1.83. The lowest BCUT2D eigenvalue weighted by Crippen LogP contribution is -2.34. The molecule has 0 aromatic carbocycles. The number of rotatable bonds is 4. The van der Waals surface area contributed by atoms with Crippen molar-refractivity contribution in [3.63, 3.8) is 0 Å². The second kappa shape index (κ2) is 5.07. The largest absolute Gasteiger partial charge is 0.468 e. The summed E-state index contributed by atoms with van der Waals surface area (Å²) < 4.78 is 6.76. The lowest BCUT2D eigenvalue weighted by Gasteiger charge is -2.11. The number of aryl methyl sites for hydroxylation is 2. The molecule has 0 spiro atoms. The third-order valence-corrected chi connectivity index (χ3v) is 3.77. The molecule has 0 fully saturated rings. The molecule has 2 aromatic rings. The summed E-state index contributed by atoms with van der Waals surface area (Å²) in [5.74, 6) is -0.255. The molecule has 1 unspecified atom stereocenters. The molecular weight excluding hydrogens is 250 g/mol. The van der Waals surface area contributed by atoms with Gasteiger partial charge in [0.05, 0.1) is 18.5 Å². The predicted octanol–water partition coefficient (Wildman–Crippen LogP) is 1.66. The number of hydrogen-bond acceptors (Lipinski definition) is 5. The van der Waals surface area contributed by atoms with Crippen molar-refractivity contribution in [2.24, 2.45) is 0 Å². The maximum absolute atomic E-state index is 11.3. The van der Waals surface area contributed by atoms with E-state index in [2.05, 4.69) is 32.6 Å². The second-order valence-electron chi connectivity index (χ2n) is 4.26. The average molecular weight is 267 g/mol. The summed E-state index contributed by atoms with van der Waals surface area (Å²) in [4.78, 5) is 18.0. The highest BCUT2D eigenvalue weighted by molar-refractivity contribution is 7.17. The van der Waals surface area contributed by atoms with E-state index in [0.717, 1.165) is 16.3 Å². The summed E-state index contributed by atoms with van der Waals surface area (Å²) in [5.41, 5.74) is 2.08. The van der Waals surface area contributed by atoms with E-state index in [1.807, 2.05) is 6.92 Å².